The number of carbonyl (C=O) groups is 1. The number of nitrogens with one attached hydrogen (secondary N) is 1. The number of hydrogen-bond donors (Lipinski definition) is 1. The Morgan fingerprint density at radius 1 is 1.10 bits per heavy atom. The number of carbonyl (C=O) groups excluding carboxylic acids is 1. The third-order valence-corrected chi connectivity index (χ3v) is 5.22. The lowest BCUT2D eigenvalue weighted by atomic mass is 10.3. The molecule has 1 amide bonds. The van der Waals surface area contributed by atoms with Crippen LogP contribution in [-0.4, -0.2) is 54.2 Å². The van der Waals surface area contributed by atoms with Gasteiger partial charge in [-0.1, -0.05) is 0 Å². The Morgan fingerprint density at radius 2 is 1.79 bits per heavy atom. The van der Waals surface area contributed by atoms with Gasteiger partial charge in [-0.2, -0.15) is 0 Å². The molecule has 0 fully saturated rings. The van der Waals surface area contributed by atoms with Crippen molar-refractivity contribution in [2.75, 3.05) is 44.2 Å². The molecule has 156 valence electrons. The molecule has 0 bridgehead atoms. The molecular formula is C19H22N2O7S. The van der Waals surface area contributed by atoms with Crippen LogP contribution in [0.4, 0.5) is 5.69 Å². The van der Waals surface area contributed by atoms with Crippen LogP contribution >= 0.6 is 0 Å². The molecule has 0 saturated carbocycles. The SMILES string of the molecule is COc1ccc(OCCNC(=O)CN(c2ccc3c(c2)OCO3)S(C)(=O)=O)cc1. The lowest BCUT2D eigenvalue weighted by Gasteiger charge is -2.22. The summed E-state index contributed by atoms with van der Waals surface area (Å²) in [7, 11) is -2.10. The first kappa shape index (κ1) is 20.6. The lowest BCUT2D eigenvalue weighted by Crippen LogP contribution is -2.41. The number of amides is 1. The second-order valence-electron chi connectivity index (χ2n) is 6.18. The maximum atomic E-state index is 12.3. The van der Waals surface area contributed by atoms with E-state index >= 15 is 0 Å². The normalized spacial score (nSPS) is 12.3. The topological polar surface area (TPSA) is 103 Å². The van der Waals surface area contributed by atoms with E-state index in [2.05, 4.69) is 5.32 Å². The zero-order valence-corrected chi connectivity index (χ0v) is 16.9. The fourth-order valence-electron chi connectivity index (χ4n) is 2.66. The molecule has 2 aromatic rings. The van der Waals surface area contributed by atoms with Gasteiger partial charge in [0.25, 0.3) is 0 Å². The average Bonchev–Trinajstić information content (AvgIpc) is 3.17. The molecule has 1 heterocycles. The standard InChI is InChI=1S/C19H22N2O7S/c1-25-15-4-6-16(7-5-15)26-10-9-20-19(22)12-21(29(2,23)24)14-3-8-17-18(11-14)28-13-27-17/h3-8,11H,9-10,12-13H2,1-2H3,(H,20,22). The zero-order valence-electron chi connectivity index (χ0n) is 16.1. The first-order valence-corrected chi connectivity index (χ1v) is 10.6. The minimum Gasteiger partial charge on any atom is -0.497 e. The molecule has 0 saturated heterocycles. The van der Waals surface area contributed by atoms with Gasteiger partial charge in [0.05, 0.1) is 25.6 Å². The third-order valence-electron chi connectivity index (χ3n) is 4.08. The van der Waals surface area contributed by atoms with Crippen LogP contribution in [0.5, 0.6) is 23.0 Å². The number of anilines is 1. The molecular weight excluding hydrogens is 400 g/mol. The molecule has 0 spiro atoms. The Morgan fingerprint density at radius 3 is 2.48 bits per heavy atom. The molecule has 0 aliphatic carbocycles. The van der Waals surface area contributed by atoms with Gasteiger partial charge in [-0.15, -0.1) is 0 Å². The summed E-state index contributed by atoms with van der Waals surface area (Å²) in [6.07, 6.45) is 1.04. The number of rotatable bonds is 9. The van der Waals surface area contributed by atoms with Gasteiger partial charge < -0.3 is 24.3 Å². The van der Waals surface area contributed by atoms with Gasteiger partial charge in [-0.25, -0.2) is 8.42 Å². The number of methoxy groups -OCH3 is 1. The smallest absolute Gasteiger partial charge is 0.240 e. The molecule has 29 heavy (non-hydrogen) atoms. The Kier molecular flexibility index (Phi) is 6.32. The highest BCUT2D eigenvalue weighted by molar-refractivity contribution is 7.92. The molecule has 3 rings (SSSR count). The summed E-state index contributed by atoms with van der Waals surface area (Å²) < 4.78 is 46.5. The molecule has 2 aromatic carbocycles. The summed E-state index contributed by atoms with van der Waals surface area (Å²) in [6.45, 7) is 0.178. The second kappa shape index (κ2) is 8.91. The van der Waals surface area contributed by atoms with Crippen LogP contribution in [-0.2, 0) is 14.8 Å². The van der Waals surface area contributed by atoms with Crippen molar-refractivity contribution in [2.45, 2.75) is 0 Å². The number of sulfonamides is 1. The number of ether oxygens (including phenoxy) is 4. The summed E-state index contributed by atoms with van der Waals surface area (Å²) >= 11 is 0. The molecule has 0 aromatic heterocycles. The molecule has 1 N–H and O–H groups in total. The Balaban J connectivity index is 1.53. The predicted molar refractivity (Wildman–Crippen MR) is 106 cm³/mol. The lowest BCUT2D eigenvalue weighted by molar-refractivity contribution is -0.119. The molecule has 10 heteroatoms. The molecule has 1 aliphatic rings. The van der Waals surface area contributed by atoms with Crippen molar-refractivity contribution in [1.29, 1.82) is 0 Å². The van der Waals surface area contributed by atoms with E-state index in [1.165, 1.54) is 6.07 Å². The summed E-state index contributed by atoms with van der Waals surface area (Å²) in [5, 5.41) is 2.65. The van der Waals surface area contributed by atoms with E-state index in [0.29, 0.717) is 22.9 Å². The van der Waals surface area contributed by atoms with Gasteiger partial charge in [-0.3, -0.25) is 9.10 Å². The van der Waals surface area contributed by atoms with Crippen LogP contribution < -0.4 is 28.6 Å². The van der Waals surface area contributed by atoms with Crippen LogP contribution in [0.1, 0.15) is 0 Å². The highest BCUT2D eigenvalue weighted by Gasteiger charge is 2.23. The first-order valence-electron chi connectivity index (χ1n) is 8.78. The number of benzene rings is 2. The monoisotopic (exact) mass is 422 g/mol. The van der Waals surface area contributed by atoms with Crippen LogP contribution in [0.15, 0.2) is 42.5 Å². The maximum Gasteiger partial charge on any atom is 0.240 e. The van der Waals surface area contributed by atoms with Crippen molar-refractivity contribution in [3.8, 4) is 23.0 Å². The molecule has 0 radical (unpaired) electrons. The molecule has 9 nitrogen and oxygen atoms in total. The van der Waals surface area contributed by atoms with E-state index in [-0.39, 0.29) is 26.5 Å². The third kappa shape index (κ3) is 5.44. The van der Waals surface area contributed by atoms with Crippen molar-refractivity contribution in [2.24, 2.45) is 0 Å². The largest absolute Gasteiger partial charge is 0.497 e. The summed E-state index contributed by atoms with van der Waals surface area (Å²) in [5.74, 6) is 1.87. The Bertz CT molecular complexity index is 961. The zero-order chi connectivity index (χ0) is 20.9. The van der Waals surface area contributed by atoms with Crippen molar-refractivity contribution in [3.63, 3.8) is 0 Å². The number of nitrogens with zero attached hydrogens (tertiary/aromatic N) is 1. The van der Waals surface area contributed by atoms with Gasteiger partial charge in [0.2, 0.25) is 22.7 Å². The van der Waals surface area contributed by atoms with E-state index < -0.39 is 15.9 Å². The molecule has 1 aliphatic heterocycles. The minimum absolute atomic E-state index is 0.0757. The van der Waals surface area contributed by atoms with Gasteiger partial charge in [-0.05, 0) is 36.4 Å². The van der Waals surface area contributed by atoms with Gasteiger partial charge in [0.15, 0.2) is 11.5 Å². The molecule has 0 unspecified atom stereocenters. The number of hydrogen-bond acceptors (Lipinski definition) is 7. The fraction of sp³-hybridized carbons (Fsp3) is 0.316. The van der Waals surface area contributed by atoms with Gasteiger partial charge in [0.1, 0.15) is 24.7 Å². The average molecular weight is 422 g/mol. The summed E-state index contributed by atoms with van der Waals surface area (Å²) in [4.78, 5) is 12.3. The quantitative estimate of drug-likeness (QED) is 0.609. The van der Waals surface area contributed by atoms with Crippen molar-refractivity contribution >= 4 is 21.6 Å². The van der Waals surface area contributed by atoms with Crippen molar-refractivity contribution < 1.29 is 32.2 Å². The van der Waals surface area contributed by atoms with Crippen LogP contribution in [0.25, 0.3) is 0 Å². The number of fused-ring (bicyclic) bond motifs is 1. The Hall–Kier alpha value is -3.14. The van der Waals surface area contributed by atoms with E-state index in [0.717, 1.165) is 16.3 Å². The fourth-order valence-corrected chi connectivity index (χ4v) is 3.51. The summed E-state index contributed by atoms with van der Waals surface area (Å²) in [5.41, 5.74) is 0.321. The van der Waals surface area contributed by atoms with E-state index in [9.17, 15) is 13.2 Å². The highest BCUT2D eigenvalue weighted by Crippen LogP contribution is 2.36. The van der Waals surface area contributed by atoms with Crippen molar-refractivity contribution in [1.82, 2.24) is 5.32 Å². The summed E-state index contributed by atoms with van der Waals surface area (Å²) in [6, 6.07) is 11.7. The molecule has 0 atom stereocenters. The van der Waals surface area contributed by atoms with E-state index in [4.69, 9.17) is 18.9 Å². The van der Waals surface area contributed by atoms with Gasteiger partial charge >= 0.3 is 0 Å². The Labute approximate surface area is 169 Å². The van der Waals surface area contributed by atoms with Crippen molar-refractivity contribution in [3.05, 3.63) is 42.5 Å². The maximum absolute atomic E-state index is 12.3. The highest BCUT2D eigenvalue weighted by atomic mass is 32.2. The second-order valence-corrected chi connectivity index (χ2v) is 8.09. The van der Waals surface area contributed by atoms with E-state index in [1.807, 2.05) is 0 Å². The van der Waals surface area contributed by atoms with Crippen LogP contribution in [0.2, 0.25) is 0 Å². The van der Waals surface area contributed by atoms with E-state index in [1.54, 1.807) is 43.5 Å². The van der Waals surface area contributed by atoms with Gasteiger partial charge in [0, 0.05) is 6.07 Å². The minimum atomic E-state index is -3.68. The first-order chi connectivity index (χ1) is 13.9. The van der Waals surface area contributed by atoms with Crippen LogP contribution in [0, 0.1) is 0 Å². The van der Waals surface area contributed by atoms with Crippen LogP contribution in [0.3, 0.4) is 0 Å². The predicted octanol–water partition coefficient (Wildman–Crippen LogP) is 1.39.